The van der Waals surface area contributed by atoms with Crippen molar-refractivity contribution in [2.75, 3.05) is 33.2 Å². The van der Waals surface area contributed by atoms with Crippen molar-refractivity contribution in [2.24, 2.45) is 23.2 Å². The monoisotopic (exact) mass is 276 g/mol. The van der Waals surface area contributed by atoms with Crippen LogP contribution in [-0.2, 0) is 4.79 Å². The van der Waals surface area contributed by atoms with E-state index in [1.807, 2.05) is 0 Å². The first-order chi connectivity index (χ1) is 9.64. The SMILES string of the molecule is CN1CCN(C(=O)C23CC4C[C@@H](CC[C@@H](C4)C2)C3)CC1. The maximum atomic E-state index is 13.2. The standard InChI is InChI=1S/C17H28N2O/c1-18-4-6-19(7-5-18)16(20)17-10-13-2-3-14(11-17)9-15(8-13)12-17/h13-15H,2-12H2,1H3/t13-,14+,15?,17?. The smallest absolute Gasteiger partial charge is 0.228 e. The summed E-state index contributed by atoms with van der Waals surface area (Å²) in [5.41, 5.74) is 0.0584. The Balaban J connectivity index is 1.56. The molecule has 1 saturated heterocycles. The lowest BCUT2D eigenvalue weighted by molar-refractivity contribution is -0.151. The molecule has 0 spiro atoms. The van der Waals surface area contributed by atoms with E-state index >= 15 is 0 Å². The second kappa shape index (κ2) is 4.72. The molecule has 5 rings (SSSR count). The summed E-state index contributed by atoms with van der Waals surface area (Å²) in [4.78, 5) is 17.8. The molecule has 5 fully saturated rings. The Bertz CT molecular complexity index is 384. The molecule has 112 valence electrons. The minimum Gasteiger partial charge on any atom is -0.340 e. The molecule has 4 bridgehead atoms. The first kappa shape index (κ1) is 13.1. The molecule has 2 unspecified atom stereocenters. The molecule has 4 atom stereocenters. The molecule has 0 aromatic carbocycles. The molecule has 1 amide bonds. The van der Waals surface area contributed by atoms with Gasteiger partial charge in [0.25, 0.3) is 0 Å². The number of carbonyl (C=O) groups excluding carboxylic acids is 1. The third-order valence-electron chi connectivity index (χ3n) is 6.60. The summed E-state index contributed by atoms with van der Waals surface area (Å²) in [5.74, 6) is 3.12. The predicted molar refractivity (Wildman–Crippen MR) is 79.3 cm³/mol. The summed E-state index contributed by atoms with van der Waals surface area (Å²) in [5, 5.41) is 0. The van der Waals surface area contributed by atoms with Gasteiger partial charge in [0.05, 0.1) is 5.41 Å². The van der Waals surface area contributed by atoms with E-state index in [0.29, 0.717) is 5.91 Å². The predicted octanol–water partition coefficient (Wildman–Crippen LogP) is 2.37. The summed E-state index contributed by atoms with van der Waals surface area (Å²) < 4.78 is 0. The van der Waals surface area contributed by atoms with E-state index in [2.05, 4.69) is 16.8 Å². The van der Waals surface area contributed by atoms with Gasteiger partial charge in [-0.15, -0.1) is 0 Å². The summed E-state index contributed by atoms with van der Waals surface area (Å²) in [6, 6.07) is 0. The Morgan fingerprint density at radius 3 is 2.05 bits per heavy atom. The van der Waals surface area contributed by atoms with Crippen LogP contribution in [0.2, 0.25) is 0 Å². The van der Waals surface area contributed by atoms with Gasteiger partial charge in [0.2, 0.25) is 5.91 Å². The number of fused-ring (bicyclic) bond motifs is 1. The highest BCUT2D eigenvalue weighted by Crippen LogP contribution is 2.58. The number of hydrogen-bond donors (Lipinski definition) is 0. The highest BCUT2D eigenvalue weighted by molar-refractivity contribution is 5.83. The van der Waals surface area contributed by atoms with Gasteiger partial charge in [-0.2, -0.15) is 0 Å². The molecule has 0 N–H and O–H groups in total. The summed E-state index contributed by atoms with van der Waals surface area (Å²) in [6.07, 6.45) is 9.29. The fraction of sp³-hybridized carbons (Fsp3) is 0.941. The second-order valence-electron chi connectivity index (χ2n) is 8.14. The molecular weight excluding hydrogens is 248 g/mol. The van der Waals surface area contributed by atoms with Crippen LogP contribution in [0, 0.1) is 23.2 Å². The first-order valence-corrected chi connectivity index (χ1v) is 8.62. The third kappa shape index (κ3) is 2.09. The van der Waals surface area contributed by atoms with E-state index in [0.717, 1.165) is 43.9 Å². The van der Waals surface area contributed by atoms with E-state index in [9.17, 15) is 4.79 Å². The van der Waals surface area contributed by atoms with Crippen molar-refractivity contribution in [3.8, 4) is 0 Å². The molecule has 1 aliphatic heterocycles. The normalized spacial score (nSPS) is 44.6. The second-order valence-corrected chi connectivity index (χ2v) is 8.14. The van der Waals surface area contributed by atoms with Gasteiger partial charge >= 0.3 is 0 Å². The van der Waals surface area contributed by atoms with E-state index in [-0.39, 0.29) is 5.41 Å². The van der Waals surface area contributed by atoms with Gasteiger partial charge in [0.1, 0.15) is 0 Å². The van der Waals surface area contributed by atoms with Crippen molar-refractivity contribution in [2.45, 2.75) is 44.9 Å². The molecule has 3 heteroatoms. The van der Waals surface area contributed by atoms with Crippen LogP contribution < -0.4 is 0 Å². The number of carbonyl (C=O) groups is 1. The first-order valence-electron chi connectivity index (χ1n) is 8.62. The molecule has 1 heterocycles. The van der Waals surface area contributed by atoms with Gasteiger partial charge in [0.15, 0.2) is 0 Å². The zero-order valence-electron chi connectivity index (χ0n) is 12.8. The van der Waals surface area contributed by atoms with Gasteiger partial charge < -0.3 is 9.80 Å². The van der Waals surface area contributed by atoms with Gasteiger partial charge in [-0.1, -0.05) is 12.8 Å². The van der Waals surface area contributed by atoms with Crippen LogP contribution in [-0.4, -0.2) is 48.9 Å². The highest BCUT2D eigenvalue weighted by Gasteiger charge is 2.53. The minimum absolute atomic E-state index is 0.0584. The summed E-state index contributed by atoms with van der Waals surface area (Å²) in [7, 11) is 2.16. The Morgan fingerprint density at radius 1 is 0.900 bits per heavy atom. The number of nitrogens with zero attached hydrogens (tertiary/aromatic N) is 2. The fourth-order valence-corrected chi connectivity index (χ4v) is 5.80. The van der Waals surface area contributed by atoms with Crippen LogP contribution in [0.5, 0.6) is 0 Å². The number of amides is 1. The van der Waals surface area contributed by atoms with Crippen molar-refractivity contribution in [1.29, 1.82) is 0 Å². The maximum Gasteiger partial charge on any atom is 0.228 e. The van der Waals surface area contributed by atoms with Crippen LogP contribution >= 0.6 is 0 Å². The Labute approximate surface area is 122 Å². The van der Waals surface area contributed by atoms with Crippen molar-refractivity contribution in [3.63, 3.8) is 0 Å². The van der Waals surface area contributed by atoms with Crippen molar-refractivity contribution in [1.82, 2.24) is 9.80 Å². The van der Waals surface area contributed by atoms with Crippen LogP contribution in [0.25, 0.3) is 0 Å². The van der Waals surface area contributed by atoms with Gasteiger partial charge in [-0.3, -0.25) is 4.79 Å². The maximum absolute atomic E-state index is 13.2. The van der Waals surface area contributed by atoms with Crippen LogP contribution in [0.15, 0.2) is 0 Å². The fourth-order valence-electron chi connectivity index (χ4n) is 5.80. The molecule has 0 aromatic rings. The zero-order valence-corrected chi connectivity index (χ0v) is 12.8. The number of likely N-dealkylation sites (N-methyl/N-ethyl adjacent to an activating group) is 1. The lowest BCUT2D eigenvalue weighted by Crippen LogP contribution is -2.55. The zero-order chi connectivity index (χ0) is 13.7. The van der Waals surface area contributed by atoms with Crippen molar-refractivity contribution < 1.29 is 4.79 Å². The molecule has 20 heavy (non-hydrogen) atoms. The lowest BCUT2D eigenvalue weighted by Gasteiger charge is -2.49. The van der Waals surface area contributed by atoms with Gasteiger partial charge in [-0.05, 0) is 56.9 Å². The lowest BCUT2D eigenvalue weighted by atomic mass is 9.58. The van der Waals surface area contributed by atoms with E-state index in [4.69, 9.17) is 0 Å². The molecule has 4 saturated carbocycles. The molecule has 3 nitrogen and oxygen atoms in total. The third-order valence-corrected chi connectivity index (χ3v) is 6.60. The Hall–Kier alpha value is -0.570. The highest BCUT2D eigenvalue weighted by atomic mass is 16.2. The summed E-state index contributed by atoms with van der Waals surface area (Å²) >= 11 is 0. The van der Waals surface area contributed by atoms with E-state index < -0.39 is 0 Å². The van der Waals surface area contributed by atoms with Crippen LogP contribution in [0.3, 0.4) is 0 Å². The van der Waals surface area contributed by atoms with Crippen molar-refractivity contribution >= 4 is 5.91 Å². The van der Waals surface area contributed by atoms with Crippen molar-refractivity contribution in [3.05, 3.63) is 0 Å². The topological polar surface area (TPSA) is 23.6 Å². The van der Waals surface area contributed by atoms with E-state index in [1.165, 1.54) is 44.9 Å². The molecule has 5 aliphatic rings. The molecular formula is C17H28N2O. The van der Waals surface area contributed by atoms with E-state index in [1.54, 1.807) is 0 Å². The number of piperazine rings is 1. The number of rotatable bonds is 1. The van der Waals surface area contributed by atoms with Crippen LogP contribution in [0.4, 0.5) is 0 Å². The Kier molecular flexibility index (Phi) is 3.10. The summed E-state index contributed by atoms with van der Waals surface area (Å²) in [6.45, 7) is 4.02. The quantitative estimate of drug-likeness (QED) is 0.734. The molecule has 0 radical (unpaired) electrons. The Morgan fingerprint density at radius 2 is 1.45 bits per heavy atom. The molecule has 4 aliphatic carbocycles. The van der Waals surface area contributed by atoms with Crippen LogP contribution in [0.1, 0.15) is 44.9 Å². The average Bonchev–Trinajstić information content (AvgIpc) is 2.65. The minimum atomic E-state index is 0.0584. The molecule has 0 aromatic heterocycles. The number of hydrogen-bond acceptors (Lipinski definition) is 2. The van der Waals surface area contributed by atoms with Gasteiger partial charge in [0, 0.05) is 26.2 Å². The average molecular weight is 276 g/mol. The largest absolute Gasteiger partial charge is 0.340 e. The van der Waals surface area contributed by atoms with Gasteiger partial charge in [-0.25, -0.2) is 0 Å².